The van der Waals surface area contributed by atoms with E-state index in [1.165, 1.54) is 17.5 Å². The number of hydrogen-bond donors (Lipinski definition) is 3. The predicted molar refractivity (Wildman–Crippen MR) is 135 cm³/mol. The van der Waals surface area contributed by atoms with E-state index in [1.54, 1.807) is 48.5 Å². The molecule has 34 heavy (non-hydrogen) atoms. The molecule has 3 amide bonds. The summed E-state index contributed by atoms with van der Waals surface area (Å²) in [6, 6.07) is 19.5. The summed E-state index contributed by atoms with van der Waals surface area (Å²) < 4.78 is 5.77. The number of ether oxygens (including phenoxy) is 1. The van der Waals surface area contributed by atoms with Gasteiger partial charge in [0.15, 0.2) is 0 Å². The number of benzene rings is 3. The Hall–Kier alpha value is -3.84. The van der Waals surface area contributed by atoms with Crippen LogP contribution in [0.2, 0.25) is 0 Å². The van der Waals surface area contributed by atoms with Crippen LogP contribution in [-0.4, -0.2) is 37.5 Å². The van der Waals surface area contributed by atoms with Crippen molar-refractivity contribution < 1.29 is 14.3 Å². The number of nitrogens with zero attached hydrogens (tertiary/aromatic N) is 1. The molecule has 0 bridgehead atoms. The normalized spacial score (nSPS) is 14.9. The van der Waals surface area contributed by atoms with Gasteiger partial charge in [-0.15, -0.1) is 0 Å². The van der Waals surface area contributed by atoms with Crippen LogP contribution in [0.4, 0.5) is 16.2 Å². The SMILES string of the molecule is CN(C)CC1CCc2cc(NC(=O)Nc3ccc(Oc4cccc(C(N)=O)c4)cc3)ccc2C1. The van der Waals surface area contributed by atoms with Gasteiger partial charge in [-0.1, -0.05) is 12.1 Å². The van der Waals surface area contributed by atoms with Gasteiger partial charge in [-0.3, -0.25) is 4.79 Å². The lowest BCUT2D eigenvalue weighted by atomic mass is 9.83. The van der Waals surface area contributed by atoms with Gasteiger partial charge in [-0.05, 0) is 105 Å². The number of urea groups is 1. The van der Waals surface area contributed by atoms with Crippen molar-refractivity contribution in [2.45, 2.75) is 19.3 Å². The second kappa shape index (κ2) is 10.4. The van der Waals surface area contributed by atoms with Crippen molar-refractivity contribution in [1.29, 1.82) is 0 Å². The average Bonchev–Trinajstić information content (AvgIpc) is 2.80. The van der Waals surface area contributed by atoms with Crippen molar-refractivity contribution in [3.63, 3.8) is 0 Å². The number of nitrogens with one attached hydrogen (secondary N) is 2. The monoisotopic (exact) mass is 458 g/mol. The van der Waals surface area contributed by atoms with E-state index < -0.39 is 5.91 Å². The van der Waals surface area contributed by atoms with E-state index in [4.69, 9.17) is 10.5 Å². The first-order chi connectivity index (χ1) is 16.4. The summed E-state index contributed by atoms with van der Waals surface area (Å²) in [6.07, 6.45) is 3.29. The van der Waals surface area contributed by atoms with Crippen molar-refractivity contribution in [2.24, 2.45) is 11.7 Å². The molecular formula is C27H30N4O3. The molecule has 7 nitrogen and oxygen atoms in total. The van der Waals surface area contributed by atoms with Gasteiger partial charge in [0, 0.05) is 23.5 Å². The number of carbonyl (C=O) groups excluding carboxylic acids is 2. The van der Waals surface area contributed by atoms with Crippen LogP contribution < -0.4 is 21.1 Å². The highest BCUT2D eigenvalue weighted by atomic mass is 16.5. The number of amides is 3. The summed E-state index contributed by atoms with van der Waals surface area (Å²) in [7, 11) is 4.23. The predicted octanol–water partition coefficient (Wildman–Crippen LogP) is 4.89. The lowest BCUT2D eigenvalue weighted by molar-refractivity contribution is 0.1000. The van der Waals surface area contributed by atoms with Crippen LogP contribution in [0.15, 0.2) is 66.7 Å². The second-order valence-corrected chi connectivity index (χ2v) is 8.95. The van der Waals surface area contributed by atoms with Gasteiger partial charge in [0.2, 0.25) is 5.91 Å². The Labute approximate surface area is 199 Å². The molecule has 7 heteroatoms. The maximum absolute atomic E-state index is 12.5. The fraction of sp³-hybridized carbons (Fsp3) is 0.259. The minimum absolute atomic E-state index is 0.302. The van der Waals surface area contributed by atoms with Gasteiger partial charge < -0.3 is 26.0 Å². The molecular weight excluding hydrogens is 428 g/mol. The molecule has 0 aromatic heterocycles. The third-order valence-corrected chi connectivity index (χ3v) is 5.88. The van der Waals surface area contributed by atoms with Crippen molar-refractivity contribution in [1.82, 2.24) is 4.90 Å². The Bertz CT molecular complexity index is 1170. The molecule has 4 rings (SSSR count). The summed E-state index contributed by atoms with van der Waals surface area (Å²) in [5, 5.41) is 5.76. The molecule has 3 aromatic rings. The number of primary amides is 1. The molecule has 0 saturated heterocycles. The zero-order chi connectivity index (χ0) is 24.1. The van der Waals surface area contributed by atoms with E-state index in [0.29, 0.717) is 28.7 Å². The van der Waals surface area contributed by atoms with Crippen LogP contribution in [-0.2, 0) is 12.8 Å². The standard InChI is InChI=1S/C27H30N4O3/c1-31(2)17-18-6-7-20-15-23(9-8-19(20)14-18)30-27(33)29-22-10-12-24(13-11-22)34-25-5-3-4-21(16-25)26(28)32/h3-5,8-13,15-16,18H,6-7,14,17H2,1-2H3,(H2,28,32)(H2,29,30,33). The zero-order valence-corrected chi connectivity index (χ0v) is 19.5. The van der Waals surface area contributed by atoms with Crippen molar-refractivity contribution in [2.75, 3.05) is 31.3 Å². The number of aryl methyl sites for hydroxylation is 1. The minimum atomic E-state index is -0.511. The highest BCUT2D eigenvalue weighted by Crippen LogP contribution is 2.28. The average molecular weight is 459 g/mol. The van der Waals surface area contributed by atoms with Gasteiger partial charge in [-0.2, -0.15) is 0 Å². The van der Waals surface area contributed by atoms with E-state index in [2.05, 4.69) is 41.8 Å². The van der Waals surface area contributed by atoms with Crippen LogP contribution in [0.5, 0.6) is 11.5 Å². The molecule has 176 valence electrons. The molecule has 1 atom stereocenters. The van der Waals surface area contributed by atoms with Gasteiger partial charge >= 0.3 is 6.03 Å². The van der Waals surface area contributed by atoms with Crippen LogP contribution >= 0.6 is 0 Å². The molecule has 0 saturated carbocycles. The van der Waals surface area contributed by atoms with Gasteiger partial charge in [0.25, 0.3) is 0 Å². The maximum Gasteiger partial charge on any atom is 0.323 e. The number of hydrogen-bond acceptors (Lipinski definition) is 4. The molecule has 0 aliphatic heterocycles. The minimum Gasteiger partial charge on any atom is -0.457 e. The Morgan fingerprint density at radius 3 is 2.41 bits per heavy atom. The number of anilines is 2. The summed E-state index contributed by atoms with van der Waals surface area (Å²) in [5.74, 6) is 1.26. The summed E-state index contributed by atoms with van der Waals surface area (Å²) >= 11 is 0. The first kappa shape index (κ1) is 23.3. The van der Waals surface area contributed by atoms with Crippen LogP contribution in [0, 0.1) is 5.92 Å². The number of nitrogens with two attached hydrogens (primary N) is 1. The Morgan fingerprint density at radius 1 is 0.941 bits per heavy atom. The van der Waals surface area contributed by atoms with Gasteiger partial charge in [0.05, 0.1) is 0 Å². The number of rotatable bonds is 7. The molecule has 0 fully saturated rings. The first-order valence-corrected chi connectivity index (χ1v) is 11.4. The fourth-order valence-electron chi connectivity index (χ4n) is 4.33. The topological polar surface area (TPSA) is 96.7 Å². The van der Waals surface area contributed by atoms with Crippen LogP contribution in [0.1, 0.15) is 27.9 Å². The Morgan fingerprint density at radius 2 is 1.68 bits per heavy atom. The molecule has 1 unspecified atom stereocenters. The second-order valence-electron chi connectivity index (χ2n) is 8.95. The molecule has 4 N–H and O–H groups in total. The van der Waals surface area contributed by atoms with E-state index in [1.807, 2.05) is 6.07 Å². The molecule has 0 radical (unpaired) electrons. The largest absolute Gasteiger partial charge is 0.457 e. The highest BCUT2D eigenvalue weighted by Gasteiger charge is 2.19. The summed E-state index contributed by atoms with van der Waals surface area (Å²) in [6.45, 7) is 1.10. The molecule has 0 spiro atoms. The lowest BCUT2D eigenvalue weighted by Gasteiger charge is -2.27. The fourth-order valence-corrected chi connectivity index (χ4v) is 4.33. The van der Waals surface area contributed by atoms with Gasteiger partial charge in [-0.25, -0.2) is 4.79 Å². The summed E-state index contributed by atoms with van der Waals surface area (Å²) in [4.78, 5) is 26.1. The smallest absolute Gasteiger partial charge is 0.323 e. The number of carbonyl (C=O) groups is 2. The van der Waals surface area contributed by atoms with Gasteiger partial charge in [0.1, 0.15) is 11.5 Å². The maximum atomic E-state index is 12.5. The Kier molecular flexibility index (Phi) is 7.13. The Balaban J connectivity index is 1.32. The van der Waals surface area contributed by atoms with Crippen LogP contribution in [0.25, 0.3) is 0 Å². The van der Waals surface area contributed by atoms with E-state index in [-0.39, 0.29) is 6.03 Å². The summed E-state index contributed by atoms with van der Waals surface area (Å²) in [5.41, 5.74) is 9.81. The van der Waals surface area contributed by atoms with E-state index >= 15 is 0 Å². The molecule has 1 aliphatic carbocycles. The quantitative estimate of drug-likeness (QED) is 0.470. The first-order valence-electron chi connectivity index (χ1n) is 11.4. The molecule has 3 aromatic carbocycles. The molecule has 1 aliphatic rings. The van der Waals surface area contributed by atoms with Crippen molar-refractivity contribution >= 4 is 23.3 Å². The third-order valence-electron chi connectivity index (χ3n) is 5.88. The van der Waals surface area contributed by atoms with E-state index in [9.17, 15) is 9.59 Å². The van der Waals surface area contributed by atoms with Crippen LogP contribution in [0.3, 0.4) is 0 Å². The molecule has 0 heterocycles. The zero-order valence-electron chi connectivity index (χ0n) is 19.5. The highest BCUT2D eigenvalue weighted by molar-refractivity contribution is 5.99. The lowest BCUT2D eigenvalue weighted by Crippen LogP contribution is -2.26. The van der Waals surface area contributed by atoms with E-state index in [0.717, 1.165) is 25.1 Å². The van der Waals surface area contributed by atoms with Crippen molar-refractivity contribution in [3.8, 4) is 11.5 Å². The van der Waals surface area contributed by atoms with Crippen molar-refractivity contribution in [3.05, 3.63) is 83.4 Å². The number of fused-ring (bicyclic) bond motifs is 1. The third kappa shape index (κ3) is 6.14.